The highest BCUT2D eigenvalue weighted by atomic mass is 32.1. The molecule has 25 heavy (non-hydrogen) atoms. The van der Waals surface area contributed by atoms with Gasteiger partial charge in [-0.2, -0.15) is 4.99 Å². The monoisotopic (exact) mass is 350 g/mol. The topological polar surface area (TPSA) is 34.4 Å². The predicted octanol–water partition coefficient (Wildman–Crippen LogP) is 4.76. The zero-order chi connectivity index (χ0) is 17.4. The molecule has 0 saturated carbocycles. The Morgan fingerprint density at radius 1 is 1.08 bits per heavy atom. The normalized spacial score (nSPS) is 12.2. The molecule has 0 bridgehead atoms. The molecule has 0 aliphatic rings. The van der Waals surface area contributed by atoms with Crippen LogP contribution in [0.1, 0.15) is 17.3 Å². The van der Waals surface area contributed by atoms with Crippen molar-refractivity contribution in [3.63, 3.8) is 0 Å². The first-order valence-electron chi connectivity index (χ1n) is 8.03. The predicted molar refractivity (Wildman–Crippen MR) is 99.3 cm³/mol. The van der Waals surface area contributed by atoms with Gasteiger partial charge in [-0.05, 0) is 42.6 Å². The molecule has 3 aromatic carbocycles. The fraction of sp³-hybridized carbons (Fsp3) is 0.100. The molecule has 1 amide bonds. The lowest BCUT2D eigenvalue weighted by Crippen LogP contribution is -2.15. The highest BCUT2D eigenvalue weighted by Crippen LogP contribution is 2.27. The molecule has 4 aromatic rings. The molecule has 0 saturated heterocycles. The van der Waals surface area contributed by atoms with Crippen molar-refractivity contribution in [1.82, 2.24) is 4.57 Å². The fourth-order valence-corrected chi connectivity index (χ4v) is 4.16. The number of aromatic nitrogens is 1. The third-order valence-corrected chi connectivity index (χ3v) is 5.31. The number of hydrogen-bond acceptors (Lipinski definition) is 2. The molecule has 0 spiro atoms. The van der Waals surface area contributed by atoms with E-state index < -0.39 is 0 Å². The minimum atomic E-state index is -0.367. The summed E-state index contributed by atoms with van der Waals surface area (Å²) in [6.07, 6.45) is 0. The molecule has 4 rings (SSSR count). The van der Waals surface area contributed by atoms with E-state index in [0.29, 0.717) is 16.9 Å². The summed E-state index contributed by atoms with van der Waals surface area (Å²) in [6.45, 7) is 2.75. The molecular formula is C20H15FN2OS. The number of amides is 1. The molecule has 0 unspecified atom stereocenters. The zero-order valence-electron chi connectivity index (χ0n) is 13.6. The van der Waals surface area contributed by atoms with Gasteiger partial charge >= 0.3 is 0 Å². The average molecular weight is 350 g/mol. The number of rotatable bonds is 2. The first-order chi connectivity index (χ1) is 12.2. The second-order valence-electron chi connectivity index (χ2n) is 5.69. The van der Waals surface area contributed by atoms with Gasteiger partial charge in [0, 0.05) is 17.5 Å². The van der Waals surface area contributed by atoms with Crippen molar-refractivity contribution in [2.24, 2.45) is 4.99 Å². The molecule has 0 N–H and O–H groups in total. The van der Waals surface area contributed by atoms with E-state index in [1.807, 2.05) is 23.6 Å². The highest BCUT2D eigenvalue weighted by molar-refractivity contribution is 7.17. The minimum absolute atomic E-state index is 0.363. The van der Waals surface area contributed by atoms with E-state index in [0.717, 1.165) is 21.0 Å². The number of fused-ring (bicyclic) bond motifs is 3. The van der Waals surface area contributed by atoms with E-state index in [1.54, 1.807) is 0 Å². The molecule has 5 heteroatoms. The smallest absolute Gasteiger partial charge is 0.279 e. The quantitative estimate of drug-likeness (QED) is 0.513. The Hall–Kier alpha value is -2.79. The summed E-state index contributed by atoms with van der Waals surface area (Å²) < 4.78 is 16.2. The van der Waals surface area contributed by atoms with Crippen LogP contribution in [0.5, 0.6) is 0 Å². The van der Waals surface area contributed by atoms with Crippen LogP contribution in [0.3, 0.4) is 0 Å². The Kier molecular flexibility index (Phi) is 3.93. The van der Waals surface area contributed by atoms with Gasteiger partial charge in [0.15, 0.2) is 4.80 Å². The lowest BCUT2D eigenvalue weighted by atomic mass is 10.1. The highest BCUT2D eigenvalue weighted by Gasteiger charge is 2.10. The lowest BCUT2D eigenvalue weighted by Gasteiger charge is -2.02. The van der Waals surface area contributed by atoms with Gasteiger partial charge in [-0.3, -0.25) is 4.79 Å². The van der Waals surface area contributed by atoms with Crippen LogP contribution in [0.25, 0.3) is 21.0 Å². The van der Waals surface area contributed by atoms with Gasteiger partial charge in [-0.15, -0.1) is 0 Å². The second kappa shape index (κ2) is 6.26. The second-order valence-corrected chi connectivity index (χ2v) is 6.67. The largest absolute Gasteiger partial charge is 0.317 e. The van der Waals surface area contributed by atoms with Gasteiger partial charge in [0.05, 0.1) is 10.2 Å². The van der Waals surface area contributed by atoms with Gasteiger partial charge in [0.1, 0.15) is 5.82 Å². The maximum Gasteiger partial charge on any atom is 0.279 e. The Morgan fingerprint density at radius 3 is 2.60 bits per heavy atom. The first-order valence-corrected chi connectivity index (χ1v) is 8.85. The third kappa shape index (κ3) is 2.76. The summed E-state index contributed by atoms with van der Waals surface area (Å²) in [7, 11) is 0. The van der Waals surface area contributed by atoms with Crippen LogP contribution in [0.15, 0.2) is 65.7 Å². The van der Waals surface area contributed by atoms with E-state index in [9.17, 15) is 9.18 Å². The number of carbonyl (C=O) groups is 1. The van der Waals surface area contributed by atoms with Gasteiger partial charge in [0.2, 0.25) is 0 Å². The summed E-state index contributed by atoms with van der Waals surface area (Å²) in [5.74, 6) is -0.730. The van der Waals surface area contributed by atoms with E-state index in [4.69, 9.17) is 0 Å². The number of carbonyl (C=O) groups excluding carboxylic acids is 1. The molecule has 0 fully saturated rings. The van der Waals surface area contributed by atoms with E-state index in [2.05, 4.69) is 29.3 Å². The summed E-state index contributed by atoms with van der Waals surface area (Å²) in [5.41, 5.74) is 1.45. The summed E-state index contributed by atoms with van der Waals surface area (Å²) in [5, 5.41) is 2.32. The van der Waals surface area contributed by atoms with Gasteiger partial charge in [0.25, 0.3) is 5.91 Å². The summed E-state index contributed by atoms with van der Waals surface area (Å²) >= 11 is 1.51. The number of aryl methyl sites for hydroxylation is 1. The molecule has 0 aliphatic heterocycles. The van der Waals surface area contributed by atoms with Crippen molar-refractivity contribution in [3.05, 3.63) is 76.8 Å². The van der Waals surface area contributed by atoms with Crippen molar-refractivity contribution in [2.45, 2.75) is 13.5 Å². The van der Waals surface area contributed by atoms with Gasteiger partial charge in [-0.1, -0.05) is 41.7 Å². The molecular weight excluding hydrogens is 335 g/mol. The molecule has 3 nitrogen and oxygen atoms in total. The molecule has 0 atom stereocenters. The Balaban J connectivity index is 1.93. The Morgan fingerprint density at radius 2 is 1.84 bits per heavy atom. The number of halogens is 1. The molecule has 1 aromatic heterocycles. The van der Waals surface area contributed by atoms with Crippen LogP contribution in [0, 0.1) is 5.82 Å². The zero-order valence-corrected chi connectivity index (χ0v) is 14.4. The van der Waals surface area contributed by atoms with Crippen molar-refractivity contribution in [3.8, 4) is 0 Å². The van der Waals surface area contributed by atoms with Gasteiger partial charge < -0.3 is 4.57 Å². The van der Waals surface area contributed by atoms with Crippen LogP contribution in [-0.2, 0) is 6.54 Å². The van der Waals surface area contributed by atoms with Crippen LogP contribution in [0.4, 0.5) is 4.39 Å². The molecule has 0 aliphatic carbocycles. The van der Waals surface area contributed by atoms with Gasteiger partial charge in [-0.25, -0.2) is 4.39 Å². The first kappa shape index (κ1) is 15.7. The van der Waals surface area contributed by atoms with Crippen LogP contribution < -0.4 is 4.80 Å². The van der Waals surface area contributed by atoms with Crippen LogP contribution in [-0.4, -0.2) is 10.5 Å². The number of hydrogen-bond donors (Lipinski definition) is 0. The number of thiazole rings is 1. The minimum Gasteiger partial charge on any atom is -0.317 e. The molecule has 0 radical (unpaired) electrons. The van der Waals surface area contributed by atoms with Crippen LogP contribution >= 0.6 is 11.3 Å². The summed E-state index contributed by atoms with van der Waals surface area (Å²) in [4.78, 5) is 17.4. The Bertz CT molecular complexity index is 1160. The average Bonchev–Trinajstić information content (AvgIpc) is 2.99. The van der Waals surface area contributed by atoms with Crippen molar-refractivity contribution < 1.29 is 9.18 Å². The number of benzene rings is 3. The van der Waals surface area contributed by atoms with Crippen molar-refractivity contribution in [1.29, 1.82) is 0 Å². The third-order valence-electron chi connectivity index (χ3n) is 4.18. The summed E-state index contributed by atoms with van der Waals surface area (Å²) in [6, 6.07) is 17.8. The molecule has 124 valence electrons. The fourth-order valence-electron chi connectivity index (χ4n) is 2.93. The van der Waals surface area contributed by atoms with Crippen molar-refractivity contribution >= 4 is 38.2 Å². The van der Waals surface area contributed by atoms with Crippen molar-refractivity contribution in [2.75, 3.05) is 0 Å². The number of nitrogens with zero attached hydrogens (tertiary/aromatic N) is 2. The maximum atomic E-state index is 13.0. The lowest BCUT2D eigenvalue weighted by molar-refractivity contribution is 0.0998. The molecule has 1 heterocycles. The van der Waals surface area contributed by atoms with E-state index >= 15 is 0 Å². The van der Waals surface area contributed by atoms with Crippen LogP contribution in [0.2, 0.25) is 0 Å². The Labute approximate surface area is 147 Å². The SMILES string of the molecule is CCn1c(=NC(=O)c2ccc(F)cc2)sc2c3ccccc3ccc21. The van der Waals surface area contributed by atoms with E-state index in [-0.39, 0.29) is 11.7 Å². The standard InChI is InChI=1S/C20H15FN2OS/c1-2-23-17-12-9-13-5-3-4-6-16(13)18(17)25-20(23)22-19(24)14-7-10-15(21)11-8-14/h3-12H,2H2,1H3. The maximum absolute atomic E-state index is 13.0. The van der Waals surface area contributed by atoms with E-state index in [1.165, 1.54) is 35.6 Å².